The zero-order chi connectivity index (χ0) is 9.42. The Kier molecular flexibility index (Phi) is 2.00. The Morgan fingerprint density at radius 3 is 2.77 bits per heavy atom. The topological polar surface area (TPSA) is 25.8 Å². The first-order valence-corrected chi connectivity index (χ1v) is 4.87. The average molecular weight is 196 g/mol. The molecule has 0 atom stereocenters. The zero-order valence-corrected chi connectivity index (χ0v) is 8.28. The summed E-state index contributed by atoms with van der Waals surface area (Å²) in [5, 5.41) is 0. The lowest BCUT2D eigenvalue weighted by atomic mass is 10.1. The molecule has 0 bridgehead atoms. The third-order valence-electron chi connectivity index (χ3n) is 2.13. The zero-order valence-electron chi connectivity index (χ0n) is 7.47. The van der Waals surface area contributed by atoms with Gasteiger partial charge in [0.2, 0.25) is 0 Å². The Morgan fingerprint density at radius 2 is 2.08 bits per heavy atom. The van der Waals surface area contributed by atoms with Crippen molar-refractivity contribution in [2.45, 2.75) is 20.3 Å². The molecule has 0 aliphatic heterocycles. The van der Waals surface area contributed by atoms with Crippen LogP contribution in [0.4, 0.5) is 4.39 Å². The van der Waals surface area contributed by atoms with E-state index in [0.717, 1.165) is 28.3 Å². The van der Waals surface area contributed by atoms with E-state index in [0.29, 0.717) is 12.0 Å². The fraction of sp³-hybridized carbons (Fsp3) is 0.333. The number of hydrogen-bond acceptors (Lipinski definition) is 3. The summed E-state index contributed by atoms with van der Waals surface area (Å²) in [6.07, 6.45) is 0.661. The average Bonchev–Trinajstić information content (AvgIpc) is 2.53. The van der Waals surface area contributed by atoms with Crippen LogP contribution in [0, 0.1) is 12.7 Å². The third kappa shape index (κ3) is 1.21. The molecule has 0 radical (unpaired) electrons. The van der Waals surface area contributed by atoms with Gasteiger partial charge in [0.05, 0.1) is 11.7 Å². The highest BCUT2D eigenvalue weighted by molar-refractivity contribution is 7.00. The molecule has 2 aromatic rings. The van der Waals surface area contributed by atoms with Crippen molar-refractivity contribution < 1.29 is 4.39 Å². The molecule has 0 unspecified atom stereocenters. The predicted molar refractivity (Wildman–Crippen MR) is 51.5 cm³/mol. The number of benzene rings is 1. The second-order valence-corrected chi connectivity index (χ2v) is 3.50. The first kappa shape index (κ1) is 8.56. The minimum absolute atomic E-state index is 0.166. The summed E-state index contributed by atoms with van der Waals surface area (Å²) in [6, 6.07) is 1.53. The highest BCUT2D eigenvalue weighted by Gasteiger charge is 2.11. The Morgan fingerprint density at radius 1 is 1.38 bits per heavy atom. The van der Waals surface area contributed by atoms with Crippen LogP contribution in [0.5, 0.6) is 0 Å². The Bertz CT molecular complexity index is 450. The molecule has 0 aliphatic rings. The van der Waals surface area contributed by atoms with Gasteiger partial charge in [0.25, 0.3) is 0 Å². The van der Waals surface area contributed by atoms with Gasteiger partial charge in [0.15, 0.2) is 0 Å². The second-order valence-electron chi connectivity index (χ2n) is 2.97. The second kappa shape index (κ2) is 3.03. The van der Waals surface area contributed by atoms with Crippen molar-refractivity contribution in [2.75, 3.05) is 0 Å². The minimum Gasteiger partial charge on any atom is -0.207 e. The lowest BCUT2D eigenvalue weighted by Crippen LogP contribution is -1.91. The molecule has 0 saturated carbocycles. The SMILES string of the molecule is CCc1c(F)cc(C)c2nsnc12. The molecule has 4 heteroatoms. The van der Waals surface area contributed by atoms with Gasteiger partial charge in [-0.25, -0.2) is 4.39 Å². The van der Waals surface area contributed by atoms with Crippen molar-refractivity contribution in [2.24, 2.45) is 0 Å². The van der Waals surface area contributed by atoms with Crippen molar-refractivity contribution in [1.82, 2.24) is 8.75 Å². The monoisotopic (exact) mass is 196 g/mol. The van der Waals surface area contributed by atoms with Crippen LogP contribution in [0.3, 0.4) is 0 Å². The largest absolute Gasteiger partial charge is 0.207 e. The molecular weight excluding hydrogens is 187 g/mol. The lowest BCUT2D eigenvalue weighted by molar-refractivity contribution is 0.613. The van der Waals surface area contributed by atoms with Crippen molar-refractivity contribution in [3.05, 3.63) is 23.0 Å². The normalized spacial score (nSPS) is 11.0. The molecule has 0 aliphatic carbocycles. The number of hydrogen-bond donors (Lipinski definition) is 0. The highest BCUT2D eigenvalue weighted by atomic mass is 32.1. The van der Waals surface area contributed by atoms with Crippen LogP contribution < -0.4 is 0 Å². The summed E-state index contributed by atoms with van der Waals surface area (Å²) >= 11 is 1.14. The summed E-state index contributed by atoms with van der Waals surface area (Å²) < 4.78 is 21.6. The van der Waals surface area contributed by atoms with E-state index < -0.39 is 0 Å². The van der Waals surface area contributed by atoms with E-state index in [1.54, 1.807) is 0 Å². The molecule has 0 N–H and O–H groups in total. The number of fused-ring (bicyclic) bond motifs is 1. The summed E-state index contributed by atoms with van der Waals surface area (Å²) in [4.78, 5) is 0. The first-order chi connectivity index (χ1) is 6.24. The van der Waals surface area contributed by atoms with E-state index >= 15 is 0 Å². The highest BCUT2D eigenvalue weighted by Crippen LogP contribution is 2.23. The number of nitrogens with zero attached hydrogens (tertiary/aromatic N) is 2. The first-order valence-electron chi connectivity index (χ1n) is 4.14. The molecular formula is C9H9FN2S. The maximum atomic E-state index is 13.4. The molecule has 1 aromatic heterocycles. The lowest BCUT2D eigenvalue weighted by Gasteiger charge is -2.01. The van der Waals surface area contributed by atoms with Crippen LogP contribution in [0.1, 0.15) is 18.1 Å². The van der Waals surface area contributed by atoms with E-state index in [1.165, 1.54) is 6.07 Å². The fourth-order valence-electron chi connectivity index (χ4n) is 1.44. The molecule has 68 valence electrons. The molecule has 0 saturated heterocycles. The van der Waals surface area contributed by atoms with E-state index in [2.05, 4.69) is 8.75 Å². The molecule has 0 spiro atoms. The fourth-order valence-corrected chi connectivity index (χ4v) is 2.07. The Labute approximate surface area is 79.7 Å². The number of aryl methyl sites for hydroxylation is 2. The van der Waals surface area contributed by atoms with Crippen LogP contribution in [-0.4, -0.2) is 8.75 Å². The van der Waals surface area contributed by atoms with Gasteiger partial charge in [-0.15, -0.1) is 0 Å². The summed E-state index contributed by atoms with van der Waals surface area (Å²) in [5.74, 6) is -0.166. The van der Waals surface area contributed by atoms with Gasteiger partial charge in [-0.1, -0.05) is 6.92 Å². The molecule has 1 heterocycles. The molecule has 13 heavy (non-hydrogen) atoms. The quantitative estimate of drug-likeness (QED) is 0.700. The Hall–Kier alpha value is -1.03. The van der Waals surface area contributed by atoms with Crippen LogP contribution in [0.15, 0.2) is 6.07 Å². The Balaban J connectivity index is 2.88. The van der Waals surface area contributed by atoms with Crippen LogP contribution >= 0.6 is 11.7 Å². The van der Waals surface area contributed by atoms with E-state index in [4.69, 9.17) is 0 Å². The van der Waals surface area contributed by atoms with Crippen molar-refractivity contribution in [1.29, 1.82) is 0 Å². The van der Waals surface area contributed by atoms with Crippen molar-refractivity contribution in [3.8, 4) is 0 Å². The van der Waals surface area contributed by atoms with E-state index in [-0.39, 0.29) is 5.82 Å². The molecule has 1 aromatic carbocycles. The van der Waals surface area contributed by atoms with Gasteiger partial charge >= 0.3 is 0 Å². The van der Waals surface area contributed by atoms with Gasteiger partial charge in [0, 0.05) is 5.56 Å². The summed E-state index contributed by atoms with van der Waals surface area (Å²) in [6.45, 7) is 3.78. The molecule has 2 rings (SSSR count). The van der Waals surface area contributed by atoms with Crippen LogP contribution in [-0.2, 0) is 6.42 Å². The standard InChI is InChI=1S/C9H9FN2S/c1-3-6-7(10)4-5(2)8-9(6)12-13-11-8/h4H,3H2,1-2H3. The molecule has 0 amide bonds. The van der Waals surface area contributed by atoms with Gasteiger partial charge < -0.3 is 0 Å². The van der Waals surface area contributed by atoms with Gasteiger partial charge in [-0.2, -0.15) is 8.75 Å². The number of aromatic nitrogens is 2. The summed E-state index contributed by atoms with van der Waals surface area (Å²) in [7, 11) is 0. The third-order valence-corrected chi connectivity index (χ3v) is 2.66. The maximum absolute atomic E-state index is 13.4. The predicted octanol–water partition coefficient (Wildman–Crippen LogP) is 2.70. The molecule has 2 nitrogen and oxygen atoms in total. The van der Waals surface area contributed by atoms with Crippen LogP contribution in [0.25, 0.3) is 11.0 Å². The maximum Gasteiger partial charge on any atom is 0.129 e. The molecule has 0 fully saturated rings. The van der Waals surface area contributed by atoms with Crippen LogP contribution in [0.2, 0.25) is 0 Å². The number of rotatable bonds is 1. The van der Waals surface area contributed by atoms with Gasteiger partial charge in [0.1, 0.15) is 16.9 Å². The van der Waals surface area contributed by atoms with Gasteiger partial charge in [-0.05, 0) is 25.0 Å². The smallest absolute Gasteiger partial charge is 0.129 e. The van der Waals surface area contributed by atoms with Crippen molar-refractivity contribution in [3.63, 3.8) is 0 Å². The van der Waals surface area contributed by atoms with E-state index in [9.17, 15) is 4.39 Å². The van der Waals surface area contributed by atoms with E-state index in [1.807, 2.05) is 13.8 Å². The minimum atomic E-state index is -0.166. The van der Waals surface area contributed by atoms with Crippen molar-refractivity contribution >= 4 is 22.8 Å². The summed E-state index contributed by atoms with van der Waals surface area (Å²) in [5.41, 5.74) is 3.10. The number of halogens is 1. The van der Waals surface area contributed by atoms with Gasteiger partial charge in [-0.3, -0.25) is 0 Å².